The third kappa shape index (κ3) is 6.47. The van der Waals surface area contributed by atoms with E-state index in [0.717, 1.165) is 30.9 Å². The van der Waals surface area contributed by atoms with Crippen LogP contribution in [0.1, 0.15) is 19.4 Å². The van der Waals surface area contributed by atoms with Crippen LogP contribution >= 0.6 is 23.3 Å². The molecule has 1 aliphatic heterocycles. The standard InChI is InChI=1S/C21H23N3O2S2.C2H6/c25-20-7-5-18(6-8-20)24-11-10-23(28-21-4-2-12-27-21)14-19(24)16-26-15-17-3-1-9-22-13-17;1-2/h1-9,12-13,19,25H,10-11,14-16H2;1-2H3. The first-order valence-corrected chi connectivity index (χ1v) is 11.9. The van der Waals surface area contributed by atoms with Crippen LogP contribution in [-0.4, -0.2) is 46.7 Å². The third-order valence-electron chi connectivity index (χ3n) is 4.64. The fraction of sp³-hybridized carbons (Fsp3) is 0.348. The highest BCUT2D eigenvalue weighted by Crippen LogP contribution is 2.31. The van der Waals surface area contributed by atoms with Crippen LogP contribution in [0, 0.1) is 0 Å². The number of phenolic OH excluding ortho intramolecular Hbond substituents is 1. The van der Waals surface area contributed by atoms with Crippen LogP contribution in [0.2, 0.25) is 0 Å². The van der Waals surface area contributed by atoms with Gasteiger partial charge in [0.05, 0.1) is 23.5 Å². The van der Waals surface area contributed by atoms with Crippen molar-refractivity contribution in [2.75, 3.05) is 31.1 Å². The Morgan fingerprint density at radius 1 is 1.13 bits per heavy atom. The maximum Gasteiger partial charge on any atom is 0.115 e. The Morgan fingerprint density at radius 2 is 1.97 bits per heavy atom. The maximum absolute atomic E-state index is 9.61. The van der Waals surface area contributed by atoms with Gasteiger partial charge in [-0.2, -0.15) is 0 Å². The van der Waals surface area contributed by atoms with Gasteiger partial charge in [-0.25, -0.2) is 4.31 Å². The number of rotatable bonds is 7. The molecule has 0 radical (unpaired) electrons. The lowest BCUT2D eigenvalue weighted by Crippen LogP contribution is -2.53. The first-order valence-electron chi connectivity index (χ1n) is 10.3. The summed E-state index contributed by atoms with van der Waals surface area (Å²) in [5.74, 6) is 0.292. The van der Waals surface area contributed by atoms with Crippen molar-refractivity contribution in [3.8, 4) is 5.75 Å². The SMILES string of the molecule is CC.Oc1ccc(N2CCN(Sc3cccs3)CC2COCc2cccnc2)cc1. The largest absolute Gasteiger partial charge is 0.508 e. The Bertz CT molecular complexity index is 845. The van der Waals surface area contributed by atoms with Gasteiger partial charge in [-0.15, -0.1) is 11.3 Å². The second kappa shape index (κ2) is 12.0. The molecule has 3 heterocycles. The molecule has 4 rings (SSSR count). The number of aromatic nitrogens is 1. The van der Waals surface area contributed by atoms with E-state index >= 15 is 0 Å². The summed E-state index contributed by atoms with van der Waals surface area (Å²) in [6.45, 7) is 8.01. The number of hydrogen-bond acceptors (Lipinski definition) is 7. The first-order chi connectivity index (χ1) is 14.8. The Hall–Kier alpha value is -2.06. The highest BCUT2D eigenvalue weighted by molar-refractivity contribution is 7.98. The molecule has 1 saturated heterocycles. The Kier molecular flexibility index (Phi) is 9.01. The van der Waals surface area contributed by atoms with Crippen molar-refractivity contribution in [3.63, 3.8) is 0 Å². The van der Waals surface area contributed by atoms with Gasteiger partial charge < -0.3 is 14.7 Å². The Morgan fingerprint density at radius 3 is 2.67 bits per heavy atom. The van der Waals surface area contributed by atoms with Crippen molar-refractivity contribution < 1.29 is 9.84 Å². The smallest absolute Gasteiger partial charge is 0.115 e. The summed E-state index contributed by atoms with van der Waals surface area (Å²) in [7, 11) is 0. The van der Waals surface area contributed by atoms with Gasteiger partial charge in [0.1, 0.15) is 5.75 Å². The van der Waals surface area contributed by atoms with E-state index < -0.39 is 0 Å². The van der Waals surface area contributed by atoms with Crippen molar-refractivity contribution in [2.45, 2.75) is 30.7 Å². The Labute approximate surface area is 187 Å². The van der Waals surface area contributed by atoms with Gasteiger partial charge in [0.2, 0.25) is 0 Å². The second-order valence-corrected chi connectivity index (χ2v) is 9.00. The summed E-state index contributed by atoms with van der Waals surface area (Å²) in [6.07, 6.45) is 3.62. The van der Waals surface area contributed by atoms with Crippen molar-refractivity contribution in [1.82, 2.24) is 9.29 Å². The molecule has 1 N–H and O–H groups in total. The molecule has 0 amide bonds. The molecule has 1 aliphatic rings. The van der Waals surface area contributed by atoms with E-state index in [4.69, 9.17) is 4.74 Å². The zero-order valence-corrected chi connectivity index (χ0v) is 19.1. The minimum Gasteiger partial charge on any atom is -0.508 e. The number of pyridine rings is 1. The van der Waals surface area contributed by atoms with E-state index in [1.54, 1.807) is 29.7 Å². The van der Waals surface area contributed by atoms with E-state index in [1.165, 1.54) is 4.21 Å². The number of thiophene rings is 1. The molecule has 30 heavy (non-hydrogen) atoms. The van der Waals surface area contributed by atoms with Gasteiger partial charge >= 0.3 is 0 Å². The number of aromatic hydroxyl groups is 1. The van der Waals surface area contributed by atoms with Crippen LogP contribution in [0.3, 0.4) is 0 Å². The third-order valence-corrected chi connectivity index (χ3v) is 6.72. The van der Waals surface area contributed by atoms with Crippen LogP contribution in [0.15, 0.2) is 70.5 Å². The lowest BCUT2D eigenvalue weighted by molar-refractivity contribution is 0.0957. The fourth-order valence-electron chi connectivity index (χ4n) is 3.28. The zero-order valence-electron chi connectivity index (χ0n) is 17.5. The van der Waals surface area contributed by atoms with Gasteiger partial charge in [0.15, 0.2) is 0 Å². The summed E-state index contributed by atoms with van der Waals surface area (Å²) < 4.78 is 9.78. The molecule has 160 valence electrons. The number of hydrogen-bond donors (Lipinski definition) is 1. The Balaban J connectivity index is 0.00000124. The summed E-state index contributed by atoms with van der Waals surface area (Å²) in [5.41, 5.74) is 2.20. The molecule has 0 saturated carbocycles. The molecule has 0 aliphatic carbocycles. The van der Waals surface area contributed by atoms with Gasteiger partial charge in [0, 0.05) is 37.7 Å². The predicted octanol–water partition coefficient (Wildman–Crippen LogP) is 5.29. The van der Waals surface area contributed by atoms with Crippen LogP contribution in [0.5, 0.6) is 5.75 Å². The lowest BCUT2D eigenvalue weighted by Gasteiger charge is -2.42. The van der Waals surface area contributed by atoms with Crippen LogP contribution in [-0.2, 0) is 11.3 Å². The summed E-state index contributed by atoms with van der Waals surface area (Å²) in [4.78, 5) is 6.53. The van der Waals surface area contributed by atoms with Gasteiger partial charge in [-0.3, -0.25) is 4.98 Å². The molecule has 1 atom stereocenters. The van der Waals surface area contributed by atoms with E-state index in [2.05, 4.69) is 31.7 Å². The number of anilines is 1. The average Bonchev–Trinajstić information content (AvgIpc) is 3.30. The van der Waals surface area contributed by atoms with Crippen LogP contribution in [0.4, 0.5) is 5.69 Å². The molecule has 7 heteroatoms. The molecule has 2 aromatic heterocycles. The summed E-state index contributed by atoms with van der Waals surface area (Å²) in [5, 5.41) is 11.7. The molecule has 1 fully saturated rings. The van der Waals surface area contributed by atoms with E-state index in [1.807, 2.05) is 56.3 Å². The lowest BCUT2D eigenvalue weighted by atomic mass is 10.1. The highest BCUT2D eigenvalue weighted by Gasteiger charge is 2.28. The van der Waals surface area contributed by atoms with E-state index in [0.29, 0.717) is 19.0 Å². The van der Waals surface area contributed by atoms with E-state index in [9.17, 15) is 5.11 Å². The molecular weight excluding hydrogens is 414 g/mol. The van der Waals surface area contributed by atoms with Crippen molar-refractivity contribution >= 4 is 29.0 Å². The fourth-order valence-corrected chi connectivity index (χ4v) is 5.19. The molecule has 3 aromatic rings. The molecule has 1 aromatic carbocycles. The number of benzene rings is 1. The number of nitrogens with zero attached hydrogens (tertiary/aromatic N) is 3. The predicted molar refractivity (Wildman–Crippen MR) is 126 cm³/mol. The maximum atomic E-state index is 9.61. The molecular formula is C23H29N3O2S2. The normalized spacial score (nSPS) is 16.7. The summed E-state index contributed by atoms with van der Waals surface area (Å²) in [6, 6.07) is 15.9. The van der Waals surface area contributed by atoms with Crippen molar-refractivity contribution in [3.05, 3.63) is 71.9 Å². The van der Waals surface area contributed by atoms with Crippen LogP contribution in [0.25, 0.3) is 0 Å². The number of ether oxygens (including phenoxy) is 1. The van der Waals surface area contributed by atoms with Gasteiger partial charge in [-0.05, 0) is 59.3 Å². The van der Waals surface area contributed by atoms with Crippen molar-refractivity contribution in [1.29, 1.82) is 0 Å². The van der Waals surface area contributed by atoms with Crippen LogP contribution < -0.4 is 4.90 Å². The topological polar surface area (TPSA) is 48.8 Å². The zero-order chi connectivity index (χ0) is 21.2. The monoisotopic (exact) mass is 443 g/mol. The number of piperazine rings is 1. The van der Waals surface area contributed by atoms with Crippen molar-refractivity contribution in [2.24, 2.45) is 0 Å². The number of phenols is 1. The molecule has 0 bridgehead atoms. The van der Waals surface area contributed by atoms with E-state index in [-0.39, 0.29) is 6.04 Å². The van der Waals surface area contributed by atoms with Gasteiger partial charge in [0.25, 0.3) is 0 Å². The molecule has 1 unspecified atom stereocenters. The average molecular weight is 444 g/mol. The van der Waals surface area contributed by atoms with Gasteiger partial charge in [-0.1, -0.05) is 26.0 Å². The summed E-state index contributed by atoms with van der Waals surface area (Å²) >= 11 is 3.60. The first kappa shape index (κ1) is 22.6. The molecule has 0 spiro atoms. The molecule has 5 nitrogen and oxygen atoms in total. The second-order valence-electron chi connectivity index (χ2n) is 6.65. The minimum atomic E-state index is 0.238. The highest BCUT2D eigenvalue weighted by atomic mass is 32.2. The minimum absolute atomic E-state index is 0.238. The quantitative estimate of drug-likeness (QED) is 0.501.